The molecule has 2 saturated heterocycles. The molecule has 0 aromatic carbocycles. The Morgan fingerprint density at radius 1 is 1.17 bits per heavy atom. The van der Waals surface area contributed by atoms with Crippen molar-refractivity contribution in [3.8, 4) is 5.88 Å². The first-order chi connectivity index (χ1) is 11.3. The first kappa shape index (κ1) is 16.7. The Balaban J connectivity index is 1.53. The van der Waals surface area contributed by atoms with Crippen LogP contribution in [0.4, 0.5) is 0 Å². The van der Waals surface area contributed by atoms with Crippen LogP contribution in [0.2, 0.25) is 0 Å². The maximum absolute atomic E-state index is 6.06. The molecule has 0 N–H and O–H groups in total. The fourth-order valence-corrected chi connectivity index (χ4v) is 3.47. The second-order valence-corrected chi connectivity index (χ2v) is 6.53. The molecule has 23 heavy (non-hydrogen) atoms. The van der Waals surface area contributed by atoms with Crippen LogP contribution in [0.15, 0.2) is 18.3 Å². The molecule has 0 aliphatic carbocycles. The van der Waals surface area contributed by atoms with Gasteiger partial charge in [0.15, 0.2) is 0 Å². The Kier molecular flexibility index (Phi) is 6.25. The highest BCUT2D eigenvalue weighted by atomic mass is 16.5. The van der Waals surface area contributed by atoms with Gasteiger partial charge in [0.05, 0.1) is 12.7 Å². The summed E-state index contributed by atoms with van der Waals surface area (Å²) in [7, 11) is 0. The zero-order valence-electron chi connectivity index (χ0n) is 14.2. The Hall–Kier alpha value is -1.17. The monoisotopic (exact) mass is 319 g/mol. The normalized spacial score (nSPS) is 23.8. The molecule has 3 rings (SSSR count). The van der Waals surface area contributed by atoms with Gasteiger partial charge in [-0.3, -0.25) is 4.90 Å². The van der Waals surface area contributed by atoms with Crippen LogP contribution in [0, 0.1) is 0 Å². The van der Waals surface area contributed by atoms with Crippen LogP contribution >= 0.6 is 0 Å². The highest BCUT2D eigenvalue weighted by Gasteiger charge is 2.22. The molecule has 0 amide bonds. The zero-order valence-corrected chi connectivity index (χ0v) is 14.2. The quantitative estimate of drug-likeness (QED) is 0.803. The molecule has 5 nitrogen and oxygen atoms in total. The van der Waals surface area contributed by atoms with Gasteiger partial charge in [-0.15, -0.1) is 0 Å². The molecule has 3 heterocycles. The SMILES string of the molecule is CCOc1ccc(CN2CCCOC(CN3CCCC3)C2)cn1. The Morgan fingerprint density at radius 2 is 2.00 bits per heavy atom. The van der Waals surface area contributed by atoms with E-state index in [0.29, 0.717) is 18.6 Å². The number of rotatable bonds is 6. The predicted molar refractivity (Wildman–Crippen MR) is 90.7 cm³/mol. The van der Waals surface area contributed by atoms with Crippen LogP contribution < -0.4 is 4.74 Å². The Bertz CT molecular complexity index is 460. The van der Waals surface area contributed by atoms with E-state index in [1.807, 2.05) is 19.2 Å². The summed E-state index contributed by atoms with van der Waals surface area (Å²) >= 11 is 0. The van der Waals surface area contributed by atoms with Crippen molar-refractivity contribution in [2.45, 2.75) is 38.8 Å². The molecule has 1 aromatic rings. The lowest BCUT2D eigenvalue weighted by Gasteiger charge is -2.26. The van der Waals surface area contributed by atoms with E-state index in [-0.39, 0.29) is 0 Å². The predicted octanol–water partition coefficient (Wildman–Crippen LogP) is 2.17. The van der Waals surface area contributed by atoms with Crippen LogP contribution in [0.1, 0.15) is 31.7 Å². The topological polar surface area (TPSA) is 37.8 Å². The molecule has 0 bridgehead atoms. The number of hydrogen-bond donors (Lipinski definition) is 0. The van der Waals surface area contributed by atoms with Crippen molar-refractivity contribution in [1.82, 2.24) is 14.8 Å². The number of aromatic nitrogens is 1. The molecule has 1 atom stereocenters. The molecule has 128 valence electrons. The lowest BCUT2D eigenvalue weighted by Crippen LogP contribution is -2.39. The molecule has 2 aliphatic rings. The number of hydrogen-bond acceptors (Lipinski definition) is 5. The van der Waals surface area contributed by atoms with E-state index in [1.54, 1.807) is 0 Å². The average molecular weight is 319 g/mol. The first-order valence-electron chi connectivity index (χ1n) is 8.97. The summed E-state index contributed by atoms with van der Waals surface area (Å²) in [6.45, 7) is 10.1. The van der Waals surface area contributed by atoms with E-state index in [9.17, 15) is 0 Å². The van der Waals surface area contributed by atoms with Gasteiger partial charge < -0.3 is 14.4 Å². The summed E-state index contributed by atoms with van der Waals surface area (Å²) in [5.41, 5.74) is 1.25. The van der Waals surface area contributed by atoms with Gasteiger partial charge >= 0.3 is 0 Å². The third-order valence-electron chi connectivity index (χ3n) is 4.59. The largest absolute Gasteiger partial charge is 0.478 e. The van der Waals surface area contributed by atoms with E-state index in [2.05, 4.69) is 20.9 Å². The van der Waals surface area contributed by atoms with Crippen molar-refractivity contribution < 1.29 is 9.47 Å². The molecule has 0 saturated carbocycles. The van der Waals surface area contributed by atoms with Crippen molar-refractivity contribution in [3.05, 3.63) is 23.9 Å². The van der Waals surface area contributed by atoms with Crippen molar-refractivity contribution in [2.24, 2.45) is 0 Å². The van der Waals surface area contributed by atoms with E-state index in [0.717, 1.165) is 39.2 Å². The van der Waals surface area contributed by atoms with Crippen LogP contribution in [-0.4, -0.2) is 66.8 Å². The summed E-state index contributed by atoms with van der Waals surface area (Å²) in [6, 6.07) is 4.09. The standard InChI is InChI=1S/C18H29N3O2/c1-2-22-18-7-6-16(12-19-18)13-21-10-5-11-23-17(15-21)14-20-8-3-4-9-20/h6-7,12,17H,2-5,8-11,13-15H2,1H3. The molecule has 0 spiro atoms. The van der Waals surface area contributed by atoms with Crippen LogP contribution in [0.3, 0.4) is 0 Å². The van der Waals surface area contributed by atoms with Gasteiger partial charge in [-0.1, -0.05) is 6.07 Å². The number of likely N-dealkylation sites (tertiary alicyclic amines) is 1. The van der Waals surface area contributed by atoms with Crippen LogP contribution in [0.25, 0.3) is 0 Å². The molecule has 1 unspecified atom stereocenters. The molecular weight excluding hydrogens is 290 g/mol. The molecule has 5 heteroatoms. The average Bonchev–Trinajstić information content (AvgIpc) is 2.96. The molecule has 0 radical (unpaired) electrons. The van der Waals surface area contributed by atoms with Gasteiger partial charge in [-0.25, -0.2) is 4.98 Å². The molecule has 2 fully saturated rings. The third-order valence-corrected chi connectivity index (χ3v) is 4.59. The van der Waals surface area contributed by atoms with Gasteiger partial charge in [-0.2, -0.15) is 0 Å². The maximum atomic E-state index is 6.06. The van der Waals surface area contributed by atoms with Crippen LogP contribution in [-0.2, 0) is 11.3 Å². The smallest absolute Gasteiger partial charge is 0.213 e. The summed E-state index contributed by atoms with van der Waals surface area (Å²) in [5.74, 6) is 0.711. The van der Waals surface area contributed by atoms with E-state index < -0.39 is 0 Å². The minimum absolute atomic E-state index is 0.339. The minimum atomic E-state index is 0.339. The highest BCUT2D eigenvalue weighted by molar-refractivity contribution is 5.17. The zero-order chi connectivity index (χ0) is 15.9. The van der Waals surface area contributed by atoms with Gasteiger partial charge in [-0.05, 0) is 44.8 Å². The third kappa shape index (κ3) is 5.16. The van der Waals surface area contributed by atoms with Gasteiger partial charge in [0.1, 0.15) is 0 Å². The van der Waals surface area contributed by atoms with Crippen molar-refractivity contribution >= 4 is 0 Å². The molecule has 2 aliphatic heterocycles. The summed E-state index contributed by atoms with van der Waals surface area (Å²) < 4.78 is 11.5. The van der Waals surface area contributed by atoms with Gasteiger partial charge in [0, 0.05) is 45.0 Å². The Labute approximate surface area is 139 Å². The van der Waals surface area contributed by atoms with E-state index >= 15 is 0 Å². The second-order valence-electron chi connectivity index (χ2n) is 6.53. The highest BCUT2D eigenvalue weighted by Crippen LogP contribution is 2.15. The van der Waals surface area contributed by atoms with E-state index in [1.165, 1.54) is 31.5 Å². The fourth-order valence-electron chi connectivity index (χ4n) is 3.47. The summed E-state index contributed by atoms with van der Waals surface area (Å²) in [5, 5.41) is 0. The first-order valence-corrected chi connectivity index (χ1v) is 8.97. The van der Waals surface area contributed by atoms with Crippen molar-refractivity contribution in [3.63, 3.8) is 0 Å². The van der Waals surface area contributed by atoms with E-state index in [4.69, 9.17) is 9.47 Å². The van der Waals surface area contributed by atoms with Crippen molar-refractivity contribution in [1.29, 1.82) is 0 Å². The number of pyridine rings is 1. The fraction of sp³-hybridized carbons (Fsp3) is 0.722. The minimum Gasteiger partial charge on any atom is -0.478 e. The van der Waals surface area contributed by atoms with Crippen LogP contribution in [0.5, 0.6) is 5.88 Å². The maximum Gasteiger partial charge on any atom is 0.213 e. The lowest BCUT2D eigenvalue weighted by atomic mass is 10.2. The number of ether oxygens (including phenoxy) is 2. The summed E-state index contributed by atoms with van der Waals surface area (Å²) in [6.07, 6.45) is 6.07. The molecule has 1 aromatic heterocycles. The van der Waals surface area contributed by atoms with Crippen molar-refractivity contribution in [2.75, 3.05) is 45.9 Å². The Morgan fingerprint density at radius 3 is 2.74 bits per heavy atom. The second kappa shape index (κ2) is 8.62. The van der Waals surface area contributed by atoms with Gasteiger partial charge in [0.2, 0.25) is 5.88 Å². The lowest BCUT2D eigenvalue weighted by molar-refractivity contribution is 0.0307. The van der Waals surface area contributed by atoms with Gasteiger partial charge in [0.25, 0.3) is 0 Å². The number of nitrogens with zero attached hydrogens (tertiary/aromatic N) is 3. The molecular formula is C18H29N3O2. The summed E-state index contributed by atoms with van der Waals surface area (Å²) in [4.78, 5) is 9.42.